The van der Waals surface area contributed by atoms with Crippen LogP contribution in [0.15, 0.2) is 27.6 Å². The van der Waals surface area contributed by atoms with E-state index >= 15 is 0 Å². The van der Waals surface area contributed by atoms with Gasteiger partial charge in [-0.25, -0.2) is 13.1 Å². The highest BCUT2D eigenvalue weighted by atomic mass is 79.9. The van der Waals surface area contributed by atoms with E-state index in [0.29, 0.717) is 4.47 Å². The third-order valence-corrected chi connectivity index (χ3v) is 4.68. The number of carboxylic acid groups (broad SMARTS) is 1. The lowest BCUT2D eigenvalue weighted by Gasteiger charge is -2.12. The van der Waals surface area contributed by atoms with Crippen LogP contribution in [0.2, 0.25) is 0 Å². The fourth-order valence-corrected chi connectivity index (χ4v) is 3.22. The summed E-state index contributed by atoms with van der Waals surface area (Å²) in [5.41, 5.74) is 0. The van der Waals surface area contributed by atoms with E-state index in [1.54, 1.807) is 12.1 Å². The minimum absolute atomic E-state index is 0.0114. The highest BCUT2D eigenvalue weighted by Crippen LogP contribution is 2.27. The van der Waals surface area contributed by atoms with Crippen molar-refractivity contribution in [1.29, 1.82) is 0 Å². The highest BCUT2D eigenvalue weighted by molar-refractivity contribution is 9.10. The summed E-state index contributed by atoms with van der Waals surface area (Å²) in [6.45, 7) is 1.57. The van der Waals surface area contributed by atoms with Crippen LogP contribution in [0.25, 0.3) is 0 Å². The van der Waals surface area contributed by atoms with Crippen molar-refractivity contribution in [2.45, 2.75) is 18.2 Å². The quantitative estimate of drug-likeness (QED) is 0.768. The van der Waals surface area contributed by atoms with Crippen LogP contribution in [-0.2, 0) is 14.8 Å². The van der Waals surface area contributed by atoms with Gasteiger partial charge in [0.1, 0.15) is 10.6 Å². The Morgan fingerprint density at radius 1 is 1.50 bits per heavy atom. The van der Waals surface area contributed by atoms with Gasteiger partial charge in [-0.2, -0.15) is 0 Å². The van der Waals surface area contributed by atoms with Gasteiger partial charge in [-0.1, -0.05) is 22.9 Å². The molecule has 0 saturated carbocycles. The Morgan fingerprint density at radius 2 is 2.15 bits per heavy atom. The van der Waals surface area contributed by atoms with Crippen molar-refractivity contribution >= 4 is 31.9 Å². The lowest BCUT2D eigenvalue weighted by Crippen LogP contribution is -2.27. The molecule has 0 heterocycles. The maximum Gasteiger partial charge on any atom is 0.306 e. The SMILES string of the molecule is COc1ccc(Br)cc1S(=O)(=O)NCCC(C)C(=O)O. The number of benzene rings is 1. The Hall–Kier alpha value is -1.12. The molecule has 1 atom stereocenters. The van der Waals surface area contributed by atoms with Gasteiger partial charge in [0.25, 0.3) is 0 Å². The zero-order valence-electron chi connectivity index (χ0n) is 11.1. The van der Waals surface area contributed by atoms with Gasteiger partial charge in [-0.15, -0.1) is 0 Å². The van der Waals surface area contributed by atoms with Crippen LogP contribution < -0.4 is 9.46 Å². The van der Waals surface area contributed by atoms with Gasteiger partial charge >= 0.3 is 5.97 Å². The van der Waals surface area contributed by atoms with E-state index < -0.39 is 21.9 Å². The first-order valence-electron chi connectivity index (χ1n) is 5.84. The number of ether oxygens (including phenoxy) is 1. The molecule has 1 aromatic carbocycles. The number of rotatable bonds is 7. The van der Waals surface area contributed by atoms with Crippen molar-refractivity contribution < 1.29 is 23.1 Å². The molecule has 1 aromatic rings. The normalized spacial score (nSPS) is 12.9. The van der Waals surface area contributed by atoms with Gasteiger partial charge in [-0.3, -0.25) is 4.79 Å². The summed E-state index contributed by atoms with van der Waals surface area (Å²) in [5, 5.41) is 8.74. The molecule has 1 rings (SSSR count). The molecule has 0 spiro atoms. The van der Waals surface area contributed by atoms with E-state index in [4.69, 9.17) is 9.84 Å². The van der Waals surface area contributed by atoms with Crippen LogP contribution >= 0.6 is 15.9 Å². The van der Waals surface area contributed by atoms with Gasteiger partial charge in [-0.05, 0) is 24.6 Å². The van der Waals surface area contributed by atoms with Crippen LogP contribution in [0.5, 0.6) is 5.75 Å². The van der Waals surface area contributed by atoms with Crippen molar-refractivity contribution in [3.63, 3.8) is 0 Å². The summed E-state index contributed by atoms with van der Waals surface area (Å²) in [6, 6.07) is 4.64. The van der Waals surface area contributed by atoms with Crippen LogP contribution in [0, 0.1) is 5.92 Å². The Bertz CT molecular complexity index is 588. The maximum absolute atomic E-state index is 12.2. The van der Waals surface area contributed by atoms with E-state index in [1.807, 2.05) is 0 Å². The topological polar surface area (TPSA) is 92.7 Å². The van der Waals surface area contributed by atoms with Crippen molar-refractivity contribution in [3.05, 3.63) is 22.7 Å². The molecular weight excluding hydrogens is 350 g/mol. The number of carbonyl (C=O) groups is 1. The first kappa shape index (κ1) is 16.9. The van der Waals surface area contributed by atoms with Crippen LogP contribution in [0.4, 0.5) is 0 Å². The van der Waals surface area contributed by atoms with Crippen molar-refractivity contribution in [3.8, 4) is 5.75 Å². The number of hydrogen-bond donors (Lipinski definition) is 2. The second kappa shape index (κ2) is 7.05. The zero-order valence-corrected chi connectivity index (χ0v) is 13.5. The lowest BCUT2D eigenvalue weighted by atomic mass is 10.1. The minimum atomic E-state index is -3.74. The molecule has 0 amide bonds. The van der Waals surface area contributed by atoms with Crippen LogP contribution in [0.1, 0.15) is 13.3 Å². The highest BCUT2D eigenvalue weighted by Gasteiger charge is 2.20. The average molecular weight is 366 g/mol. The zero-order chi connectivity index (χ0) is 15.3. The molecule has 112 valence electrons. The maximum atomic E-state index is 12.2. The van der Waals surface area contributed by atoms with E-state index in [9.17, 15) is 13.2 Å². The number of methoxy groups -OCH3 is 1. The molecule has 0 aliphatic heterocycles. The fraction of sp³-hybridized carbons (Fsp3) is 0.417. The largest absolute Gasteiger partial charge is 0.495 e. The molecule has 0 aliphatic rings. The standard InChI is InChI=1S/C12H16BrNO5S/c1-8(12(15)16)5-6-14-20(17,18)11-7-9(13)3-4-10(11)19-2/h3-4,7-8,14H,5-6H2,1-2H3,(H,15,16). The fourth-order valence-electron chi connectivity index (χ4n) is 1.47. The molecule has 0 aromatic heterocycles. The molecule has 0 bridgehead atoms. The molecule has 1 unspecified atom stereocenters. The van der Waals surface area contributed by atoms with Crippen molar-refractivity contribution in [2.24, 2.45) is 5.92 Å². The smallest absolute Gasteiger partial charge is 0.306 e. The molecule has 2 N–H and O–H groups in total. The predicted octanol–water partition coefficient (Wildman–Crippen LogP) is 1.85. The van der Waals surface area contributed by atoms with Gasteiger partial charge in [0.15, 0.2) is 0 Å². The number of sulfonamides is 1. The second-order valence-corrected chi connectivity index (χ2v) is 6.87. The summed E-state index contributed by atoms with van der Waals surface area (Å²) in [6.07, 6.45) is 0.213. The molecular formula is C12H16BrNO5S. The monoisotopic (exact) mass is 365 g/mol. The molecule has 6 nitrogen and oxygen atoms in total. The third-order valence-electron chi connectivity index (χ3n) is 2.71. The van der Waals surface area contributed by atoms with Gasteiger partial charge in [0, 0.05) is 11.0 Å². The Labute approximate surface area is 126 Å². The summed E-state index contributed by atoms with van der Waals surface area (Å²) >= 11 is 3.20. The summed E-state index contributed by atoms with van der Waals surface area (Å²) in [5.74, 6) is -1.33. The Morgan fingerprint density at radius 3 is 2.70 bits per heavy atom. The van der Waals surface area contributed by atoms with Crippen molar-refractivity contribution in [2.75, 3.05) is 13.7 Å². The first-order valence-corrected chi connectivity index (χ1v) is 8.11. The summed E-state index contributed by atoms with van der Waals surface area (Å²) in [4.78, 5) is 10.7. The third kappa shape index (κ3) is 4.46. The minimum Gasteiger partial charge on any atom is -0.495 e. The van der Waals surface area contributed by atoms with Gasteiger partial charge < -0.3 is 9.84 Å². The van der Waals surface area contributed by atoms with E-state index in [-0.39, 0.29) is 23.6 Å². The molecule has 0 aliphatic carbocycles. The lowest BCUT2D eigenvalue weighted by molar-refractivity contribution is -0.141. The van der Waals surface area contributed by atoms with E-state index in [2.05, 4.69) is 20.7 Å². The number of aliphatic carboxylic acids is 1. The molecule has 0 fully saturated rings. The Balaban J connectivity index is 2.84. The van der Waals surface area contributed by atoms with Crippen molar-refractivity contribution in [1.82, 2.24) is 4.72 Å². The predicted molar refractivity (Wildman–Crippen MR) is 77.3 cm³/mol. The van der Waals surface area contributed by atoms with E-state index in [0.717, 1.165) is 0 Å². The molecule has 0 saturated heterocycles. The van der Waals surface area contributed by atoms with E-state index in [1.165, 1.54) is 20.1 Å². The number of halogens is 1. The molecule has 8 heteroatoms. The number of nitrogens with one attached hydrogen (secondary N) is 1. The molecule has 0 radical (unpaired) electrons. The first-order chi connectivity index (χ1) is 9.27. The van der Waals surface area contributed by atoms with Crippen LogP contribution in [0.3, 0.4) is 0 Å². The van der Waals surface area contributed by atoms with Gasteiger partial charge in [0.2, 0.25) is 10.0 Å². The molecule has 20 heavy (non-hydrogen) atoms. The number of hydrogen-bond acceptors (Lipinski definition) is 4. The Kier molecular flexibility index (Phi) is 5.97. The summed E-state index contributed by atoms with van der Waals surface area (Å²) < 4.78 is 32.3. The average Bonchev–Trinajstić information content (AvgIpc) is 2.38. The second-order valence-electron chi connectivity index (χ2n) is 4.22. The number of carboxylic acids is 1. The summed E-state index contributed by atoms with van der Waals surface area (Å²) in [7, 11) is -2.36. The van der Waals surface area contributed by atoms with Crippen LogP contribution in [-0.4, -0.2) is 33.1 Å². The van der Waals surface area contributed by atoms with Gasteiger partial charge in [0.05, 0.1) is 13.0 Å².